The number of hydrogen-bond acceptors (Lipinski definition) is 4. The summed E-state index contributed by atoms with van der Waals surface area (Å²) < 4.78 is 23.2. The molecule has 0 fully saturated rings. The maximum atomic E-state index is 12.9. The van der Waals surface area contributed by atoms with Crippen molar-refractivity contribution in [1.29, 1.82) is 5.26 Å². The highest BCUT2D eigenvalue weighted by Gasteiger charge is 2.11. The molecule has 2 aromatic carbocycles. The molecule has 0 saturated heterocycles. The van der Waals surface area contributed by atoms with E-state index in [1.165, 1.54) is 25.3 Å². The summed E-state index contributed by atoms with van der Waals surface area (Å²) >= 11 is 0. The van der Waals surface area contributed by atoms with Gasteiger partial charge in [-0.05, 0) is 72.5 Å². The fraction of sp³-hybridized carbons (Fsp3) is 0.200. The van der Waals surface area contributed by atoms with E-state index in [-0.39, 0.29) is 11.4 Å². The molecule has 0 atom stereocenters. The second-order valence-corrected chi connectivity index (χ2v) is 5.54. The van der Waals surface area contributed by atoms with Gasteiger partial charge < -0.3 is 9.47 Å². The van der Waals surface area contributed by atoms with Gasteiger partial charge in [-0.1, -0.05) is 6.07 Å². The van der Waals surface area contributed by atoms with Crippen LogP contribution in [-0.4, -0.2) is 13.1 Å². The van der Waals surface area contributed by atoms with Crippen molar-refractivity contribution in [1.82, 2.24) is 0 Å². The molecule has 0 spiro atoms. The standard InChI is InChI=1S/C20H18FNO3/c1-13-8-14(2)17(12-25-19-6-4-18(21)5-7-19)10-15(13)9-16(11-22)20(23)24-3/h4-10H,12H2,1-3H3/b16-9+. The summed E-state index contributed by atoms with van der Waals surface area (Å²) in [6.45, 7) is 4.14. The van der Waals surface area contributed by atoms with Gasteiger partial charge in [0.2, 0.25) is 0 Å². The number of rotatable bonds is 5. The number of nitrogens with zero attached hydrogens (tertiary/aromatic N) is 1. The zero-order valence-electron chi connectivity index (χ0n) is 14.3. The molecule has 0 radical (unpaired) electrons. The lowest BCUT2D eigenvalue weighted by Gasteiger charge is -2.12. The summed E-state index contributed by atoms with van der Waals surface area (Å²) in [5.41, 5.74) is 3.53. The van der Waals surface area contributed by atoms with E-state index >= 15 is 0 Å². The molecule has 0 amide bonds. The Bertz CT molecular complexity index is 848. The van der Waals surface area contributed by atoms with Crippen LogP contribution in [0.3, 0.4) is 0 Å². The van der Waals surface area contributed by atoms with Gasteiger partial charge in [0, 0.05) is 0 Å². The third-order valence-corrected chi connectivity index (χ3v) is 3.76. The molecule has 0 bridgehead atoms. The number of aryl methyl sites for hydroxylation is 2. The van der Waals surface area contributed by atoms with Crippen molar-refractivity contribution in [2.24, 2.45) is 0 Å². The zero-order valence-corrected chi connectivity index (χ0v) is 14.3. The molecule has 5 heteroatoms. The van der Waals surface area contributed by atoms with Gasteiger partial charge in [-0.2, -0.15) is 5.26 Å². The summed E-state index contributed by atoms with van der Waals surface area (Å²) in [7, 11) is 1.23. The number of ether oxygens (including phenoxy) is 2. The molecule has 0 heterocycles. The lowest BCUT2D eigenvalue weighted by Crippen LogP contribution is -2.04. The lowest BCUT2D eigenvalue weighted by molar-refractivity contribution is -0.135. The quantitative estimate of drug-likeness (QED) is 0.467. The minimum absolute atomic E-state index is 0.0696. The Labute approximate surface area is 146 Å². The molecule has 0 aliphatic heterocycles. The minimum atomic E-state index is -0.674. The fourth-order valence-electron chi connectivity index (χ4n) is 2.32. The number of benzene rings is 2. The molecule has 25 heavy (non-hydrogen) atoms. The molecule has 4 nitrogen and oxygen atoms in total. The largest absolute Gasteiger partial charge is 0.489 e. The van der Waals surface area contributed by atoms with E-state index < -0.39 is 5.97 Å². The van der Waals surface area contributed by atoms with Crippen LogP contribution in [0.2, 0.25) is 0 Å². The maximum Gasteiger partial charge on any atom is 0.348 e. The number of esters is 1. The van der Waals surface area contributed by atoms with E-state index in [0.29, 0.717) is 12.4 Å². The molecule has 0 aliphatic rings. The number of nitriles is 1. The topological polar surface area (TPSA) is 59.3 Å². The summed E-state index contributed by atoms with van der Waals surface area (Å²) in [6, 6.07) is 11.5. The third-order valence-electron chi connectivity index (χ3n) is 3.76. The Hall–Kier alpha value is -3.13. The Morgan fingerprint density at radius 3 is 2.48 bits per heavy atom. The number of carbonyl (C=O) groups excluding carboxylic acids is 1. The average Bonchev–Trinajstić information content (AvgIpc) is 2.61. The molecular formula is C20H18FNO3. The highest BCUT2D eigenvalue weighted by atomic mass is 19.1. The first-order valence-electron chi connectivity index (χ1n) is 7.63. The van der Waals surface area contributed by atoms with Crippen LogP contribution in [-0.2, 0) is 16.1 Å². The van der Waals surface area contributed by atoms with Crippen LogP contribution in [0.5, 0.6) is 5.75 Å². The zero-order chi connectivity index (χ0) is 18.4. The van der Waals surface area contributed by atoms with Gasteiger partial charge in [-0.15, -0.1) is 0 Å². The van der Waals surface area contributed by atoms with Crippen LogP contribution in [0.1, 0.15) is 22.3 Å². The van der Waals surface area contributed by atoms with E-state index in [1.807, 2.05) is 32.0 Å². The lowest BCUT2D eigenvalue weighted by atomic mass is 9.98. The van der Waals surface area contributed by atoms with Crippen molar-refractivity contribution in [2.45, 2.75) is 20.5 Å². The molecule has 2 rings (SSSR count). The highest BCUT2D eigenvalue weighted by Crippen LogP contribution is 2.21. The van der Waals surface area contributed by atoms with E-state index in [2.05, 4.69) is 4.74 Å². The molecular weight excluding hydrogens is 321 g/mol. The molecule has 0 saturated carbocycles. The number of hydrogen-bond donors (Lipinski definition) is 0. The smallest absolute Gasteiger partial charge is 0.348 e. The average molecular weight is 339 g/mol. The SMILES string of the molecule is COC(=O)/C(C#N)=C/c1cc(COc2ccc(F)cc2)c(C)cc1C. The first-order valence-corrected chi connectivity index (χ1v) is 7.63. The van der Waals surface area contributed by atoms with Crippen molar-refractivity contribution < 1.29 is 18.7 Å². The van der Waals surface area contributed by atoms with Gasteiger partial charge in [-0.25, -0.2) is 9.18 Å². The first kappa shape index (κ1) is 18.2. The van der Waals surface area contributed by atoms with Crippen molar-refractivity contribution in [3.8, 4) is 11.8 Å². The van der Waals surface area contributed by atoms with Crippen molar-refractivity contribution >= 4 is 12.0 Å². The van der Waals surface area contributed by atoms with Crippen LogP contribution in [0, 0.1) is 31.0 Å². The van der Waals surface area contributed by atoms with Crippen LogP contribution >= 0.6 is 0 Å². The number of halogens is 1. The van der Waals surface area contributed by atoms with Crippen molar-refractivity contribution in [2.75, 3.05) is 7.11 Å². The molecule has 0 aromatic heterocycles. The third kappa shape index (κ3) is 4.67. The molecule has 0 aliphatic carbocycles. The van der Waals surface area contributed by atoms with E-state index in [0.717, 1.165) is 22.3 Å². The van der Waals surface area contributed by atoms with Crippen LogP contribution in [0.25, 0.3) is 6.08 Å². The summed E-state index contributed by atoms with van der Waals surface area (Å²) in [5.74, 6) is -0.435. The monoisotopic (exact) mass is 339 g/mol. The number of carbonyl (C=O) groups is 1. The Balaban J connectivity index is 2.28. The van der Waals surface area contributed by atoms with E-state index in [4.69, 9.17) is 10.00 Å². The van der Waals surface area contributed by atoms with Gasteiger partial charge in [-0.3, -0.25) is 0 Å². The molecule has 0 N–H and O–H groups in total. The molecule has 2 aromatic rings. The van der Waals surface area contributed by atoms with Gasteiger partial charge in [0.1, 0.15) is 29.8 Å². The van der Waals surface area contributed by atoms with Gasteiger partial charge in [0.25, 0.3) is 0 Å². The van der Waals surface area contributed by atoms with Crippen LogP contribution < -0.4 is 4.74 Å². The number of methoxy groups -OCH3 is 1. The molecule has 0 unspecified atom stereocenters. The minimum Gasteiger partial charge on any atom is -0.489 e. The van der Waals surface area contributed by atoms with Gasteiger partial charge >= 0.3 is 5.97 Å². The van der Waals surface area contributed by atoms with Gasteiger partial charge in [0.05, 0.1) is 7.11 Å². The predicted octanol–water partition coefficient (Wildman–Crippen LogP) is 4.10. The molecule has 128 valence electrons. The second-order valence-electron chi connectivity index (χ2n) is 5.54. The Kier molecular flexibility index (Phi) is 5.91. The van der Waals surface area contributed by atoms with Crippen molar-refractivity contribution in [3.63, 3.8) is 0 Å². The highest BCUT2D eigenvalue weighted by molar-refractivity contribution is 5.98. The summed E-state index contributed by atoms with van der Waals surface area (Å²) in [4.78, 5) is 11.6. The first-order chi connectivity index (χ1) is 11.9. The predicted molar refractivity (Wildman–Crippen MR) is 92.3 cm³/mol. The van der Waals surface area contributed by atoms with Crippen LogP contribution in [0.15, 0.2) is 42.0 Å². The van der Waals surface area contributed by atoms with E-state index in [9.17, 15) is 9.18 Å². The second kappa shape index (κ2) is 8.11. The summed E-state index contributed by atoms with van der Waals surface area (Å²) in [5, 5.41) is 9.10. The Morgan fingerprint density at radius 2 is 1.88 bits per heavy atom. The summed E-state index contributed by atoms with van der Waals surface area (Å²) in [6.07, 6.45) is 1.50. The van der Waals surface area contributed by atoms with Crippen LogP contribution in [0.4, 0.5) is 4.39 Å². The maximum absolute atomic E-state index is 12.9. The van der Waals surface area contributed by atoms with Gasteiger partial charge in [0.15, 0.2) is 0 Å². The Morgan fingerprint density at radius 1 is 1.20 bits per heavy atom. The fourth-order valence-corrected chi connectivity index (χ4v) is 2.32. The van der Waals surface area contributed by atoms with Crippen molar-refractivity contribution in [3.05, 3.63) is 70.0 Å². The van der Waals surface area contributed by atoms with E-state index in [1.54, 1.807) is 12.1 Å². The normalized spacial score (nSPS) is 10.9.